The van der Waals surface area contributed by atoms with Gasteiger partial charge in [0.05, 0.1) is 20.8 Å². The summed E-state index contributed by atoms with van der Waals surface area (Å²) >= 11 is 0. The quantitative estimate of drug-likeness (QED) is 0.335. The van der Waals surface area contributed by atoms with Crippen molar-refractivity contribution in [2.45, 2.75) is 31.1 Å². The Morgan fingerprint density at radius 3 is 2.73 bits per heavy atom. The zero-order chi connectivity index (χ0) is 18.7. The van der Waals surface area contributed by atoms with E-state index < -0.39 is 17.3 Å². The minimum Gasteiger partial charge on any atom is -0.497 e. The molecular formula is C20H26O6. The molecule has 1 aromatic rings. The standard InChI is InChI=1S/C20H26O6/c1-23-12-26-11-20-9-8-17(21)18(19(22)25-3)16(20)6-4-13-10-14(24-2)5-7-15(13)20/h5,7,10,16,18H,4,6,8-9,11-12H2,1-3H3/t16-,18-,20-/m1/s1. The molecule has 0 unspecified atom stereocenters. The smallest absolute Gasteiger partial charge is 0.316 e. The minimum atomic E-state index is -0.727. The predicted octanol–water partition coefficient (Wildman–Crippen LogP) is 2.27. The summed E-state index contributed by atoms with van der Waals surface area (Å²) in [5.74, 6) is -0.510. The Morgan fingerprint density at radius 2 is 2.04 bits per heavy atom. The minimum absolute atomic E-state index is 0.0267. The molecule has 3 rings (SSSR count). The molecule has 1 aromatic carbocycles. The molecule has 0 spiro atoms. The SMILES string of the molecule is COCOC[C@@]12CCC(=O)[C@H](C(=O)OC)[C@H]1CCc1cc(OC)ccc12. The summed E-state index contributed by atoms with van der Waals surface area (Å²) in [6.07, 6.45) is 2.54. The van der Waals surface area contributed by atoms with Crippen molar-refractivity contribution < 1.29 is 28.5 Å². The van der Waals surface area contributed by atoms with Crippen molar-refractivity contribution in [2.75, 3.05) is 34.7 Å². The molecule has 0 aromatic heterocycles. The van der Waals surface area contributed by atoms with E-state index in [4.69, 9.17) is 18.9 Å². The first-order valence-corrected chi connectivity index (χ1v) is 8.92. The number of ketones is 1. The number of esters is 1. The Hall–Kier alpha value is -1.92. The van der Waals surface area contributed by atoms with E-state index in [0.29, 0.717) is 19.4 Å². The van der Waals surface area contributed by atoms with Crippen molar-refractivity contribution in [1.82, 2.24) is 0 Å². The highest BCUT2D eigenvalue weighted by Crippen LogP contribution is 2.52. The third-order valence-electron chi connectivity index (χ3n) is 5.87. The maximum absolute atomic E-state index is 12.5. The highest BCUT2D eigenvalue weighted by molar-refractivity contribution is 6.00. The van der Waals surface area contributed by atoms with E-state index in [1.165, 1.54) is 12.7 Å². The Labute approximate surface area is 153 Å². The van der Waals surface area contributed by atoms with Crippen molar-refractivity contribution >= 4 is 11.8 Å². The van der Waals surface area contributed by atoms with Crippen LogP contribution in [0.4, 0.5) is 0 Å². The Balaban J connectivity index is 2.06. The monoisotopic (exact) mass is 362 g/mol. The van der Waals surface area contributed by atoms with Crippen LogP contribution in [0.2, 0.25) is 0 Å². The Bertz CT molecular complexity index is 677. The summed E-state index contributed by atoms with van der Waals surface area (Å²) in [5.41, 5.74) is 1.94. The molecule has 142 valence electrons. The van der Waals surface area contributed by atoms with Gasteiger partial charge in [0.2, 0.25) is 0 Å². The number of carbonyl (C=O) groups excluding carboxylic acids is 2. The van der Waals surface area contributed by atoms with Crippen molar-refractivity contribution in [1.29, 1.82) is 0 Å². The molecule has 0 bridgehead atoms. The maximum Gasteiger partial charge on any atom is 0.316 e. The number of benzene rings is 1. The number of carbonyl (C=O) groups is 2. The van der Waals surface area contributed by atoms with Crippen molar-refractivity contribution in [3.63, 3.8) is 0 Å². The van der Waals surface area contributed by atoms with Crippen molar-refractivity contribution in [3.05, 3.63) is 29.3 Å². The lowest BCUT2D eigenvalue weighted by Gasteiger charge is -2.50. The summed E-state index contributed by atoms with van der Waals surface area (Å²) in [6.45, 7) is 0.586. The summed E-state index contributed by atoms with van der Waals surface area (Å²) in [7, 11) is 4.57. The molecule has 0 aliphatic heterocycles. The van der Waals surface area contributed by atoms with Crippen LogP contribution in [0, 0.1) is 11.8 Å². The van der Waals surface area contributed by atoms with Crippen LogP contribution in [0.15, 0.2) is 18.2 Å². The molecule has 0 radical (unpaired) electrons. The van der Waals surface area contributed by atoms with E-state index in [-0.39, 0.29) is 18.5 Å². The third-order valence-corrected chi connectivity index (χ3v) is 5.87. The second kappa shape index (κ2) is 7.76. The summed E-state index contributed by atoms with van der Waals surface area (Å²) in [5, 5.41) is 0. The molecule has 2 aliphatic carbocycles. The van der Waals surface area contributed by atoms with E-state index in [9.17, 15) is 9.59 Å². The van der Waals surface area contributed by atoms with E-state index >= 15 is 0 Å². The first kappa shape index (κ1) is 18.9. The Kier molecular flexibility index (Phi) is 5.63. The fraction of sp³-hybridized carbons (Fsp3) is 0.600. The number of fused-ring (bicyclic) bond motifs is 3. The Morgan fingerprint density at radius 1 is 1.23 bits per heavy atom. The van der Waals surface area contributed by atoms with Crippen LogP contribution in [0.5, 0.6) is 5.75 Å². The van der Waals surface area contributed by atoms with E-state index in [0.717, 1.165) is 24.2 Å². The second-order valence-corrected chi connectivity index (χ2v) is 7.05. The van der Waals surface area contributed by atoms with Gasteiger partial charge in [-0.05, 0) is 48.4 Å². The number of Topliss-reactive ketones (excluding diaryl/α,β-unsaturated/α-hetero) is 1. The van der Waals surface area contributed by atoms with Gasteiger partial charge >= 0.3 is 5.97 Å². The van der Waals surface area contributed by atoms with Gasteiger partial charge in [-0.2, -0.15) is 0 Å². The second-order valence-electron chi connectivity index (χ2n) is 7.05. The van der Waals surface area contributed by atoms with E-state index in [2.05, 4.69) is 6.07 Å². The average Bonchev–Trinajstić information content (AvgIpc) is 2.67. The third kappa shape index (κ3) is 3.12. The summed E-state index contributed by atoms with van der Waals surface area (Å²) in [6, 6.07) is 6.04. The van der Waals surface area contributed by atoms with Gasteiger partial charge in [-0.1, -0.05) is 6.07 Å². The maximum atomic E-state index is 12.5. The molecule has 1 saturated carbocycles. The topological polar surface area (TPSA) is 71.1 Å². The van der Waals surface area contributed by atoms with Crippen LogP contribution in [0.3, 0.4) is 0 Å². The molecular weight excluding hydrogens is 336 g/mol. The van der Waals surface area contributed by atoms with Crippen LogP contribution in [0.25, 0.3) is 0 Å². The number of hydrogen-bond donors (Lipinski definition) is 0. The number of rotatable bonds is 6. The lowest BCUT2D eigenvalue weighted by atomic mass is 9.54. The highest BCUT2D eigenvalue weighted by Gasteiger charge is 2.55. The summed E-state index contributed by atoms with van der Waals surface area (Å²) < 4.78 is 21.1. The molecule has 0 N–H and O–H groups in total. The van der Waals surface area contributed by atoms with Gasteiger partial charge in [0.15, 0.2) is 0 Å². The summed E-state index contributed by atoms with van der Waals surface area (Å²) in [4.78, 5) is 24.9. The fourth-order valence-corrected chi connectivity index (χ4v) is 4.70. The van der Waals surface area contributed by atoms with Gasteiger partial charge < -0.3 is 18.9 Å². The van der Waals surface area contributed by atoms with Crippen molar-refractivity contribution in [2.24, 2.45) is 11.8 Å². The lowest BCUT2D eigenvalue weighted by molar-refractivity contribution is -0.158. The van der Waals surface area contributed by atoms with Crippen LogP contribution in [0.1, 0.15) is 30.4 Å². The molecule has 6 heteroatoms. The number of ether oxygens (including phenoxy) is 4. The molecule has 6 nitrogen and oxygen atoms in total. The molecule has 0 amide bonds. The van der Waals surface area contributed by atoms with Gasteiger partial charge in [0, 0.05) is 18.9 Å². The largest absolute Gasteiger partial charge is 0.497 e. The molecule has 1 fully saturated rings. The van der Waals surface area contributed by atoms with Gasteiger partial charge in [-0.25, -0.2) is 0 Å². The average molecular weight is 362 g/mol. The van der Waals surface area contributed by atoms with Crippen LogP contribution < -0.4 is 4.74 Å². The van der Waals surface area contributed by atoms with Gasteiger partial charge in [-0.3, -0.25) is 9.59 Å². The highest BCUT2D eigenvalue weighted by atomic mass is 16.7. The fourth-order valence-electron chi connectivity index (χ4n) is 4.70. The zero-order valence-corrected chi connectivity index (χ0v) is 15.6. The normalized spacial score (nSPS) is 27.4. The van der Waals surface area contributed by atoms with Crippen LogP contribution in [-0.4, -0.2) is 46.5 Å². The number of aryl methyl sites for hydroxylation is 1. The van der Waals surface area contributed by atoms with Crippen LogP contribution >= 0.6 is 0 Å². The first-order valence-electron chi connectivity index (χ1n) is 8.92. The predicted molar refractivity (Wildman–Crippen MR) is 94.1 cm³/mol. The van der Waals surface area contributed by atoms with Crippen LogP contribution in [-0.2, 0) is 35.6 Å². The molecule has 3 atom stereocenters. The number of methoxy groups -OCH3 is 3. The molecule has 0 saturated heterocycles. The number of hydrogen-bond acceptors (Lipinski definition) is 6. The van der Waals surface area contributed by atoms with E-state index in [1.807, 2.05) is 12.1 Å². The zero-order valence-electron chi connectivity index (χ0n) is 15.6. The molecule has 0 heterocycles. The van der Waals surface area contributed by atoms with Gasteiger partial charge in [0.1, 0.15) is 24.2 Å². The lowest BCUT2D eigenvalue weighted by Crippen LogP contribution is -2.54. The molecule has 2 aliphatic rings. The molecule has 26 heavy (non-hydrogen) atoms. The first-order chi connectivity index (χ1) is 12.6. The van der Waals surface area contributed by atoms with Crippen molar-refractivity contribution in [3.8, 4) is 5.75 Å². The van der Waals surface area contributed by atoms with Gasteiger partial charge in [-0.15, -0.1) is 0 Å². The van der Waals surface area contributed by atoms with E-state index in [1.54, 1.807) is 14.2 Å². The van der Waals surface area contributed by atoms with Gasteiger partial charge in [0.25, 0.3) is 0 Å².